The lowest BCUT2D eigenvalue weighted by Crippen LogP contribution is -2.66. The van der Waals surface area contributed by atoms with Gasteiger partial charge in [-0.1, -0.05) is 0 Å². The van der Waals surface area contributed by atoms with Crippen molar-refractivity contribution in [3.05, 3.63) is 0 Å². The van der Waals surface area contributed by atoms with Gasteiger partial charge in [-0.05, 0) is 0 Å². The van der Waals surface area contributed by atoms with Crippen molar-refractivity contribution in [1.29, 1.82) is 0 Å². The molecule has 6 atom stereocenters. The number of aliphatic hydroxyl groups excluding tert-OH is 4. The molecule has 15 heavy (non-hydrogen) atoms. The maximum atomic E-state index is 10.3. The highest BCUT2D eigenvalue weighted by atomic mass is 32.2. The summed E-state index contributed by atoms with van der Waals surface area (Å²) in [6.45, 7) is -0.511. The van der Waals surface area contributed by atoms with Crippen LogP contribution in [0.2, 0.25) is 0 Å². The van der Waals surface area contributed by atoms with Crippen molar-refractivity contribution in [2.75, 3.05) is 6.61 Å². The molecule has 0 saturated carbocycles. The van der Waals surface area contributed by atoms with Crippen LogP contribution in [0.4, 0.5) is 0 Å². The molecule has 1 aliphatic rings. The molecule has 0 aromatic carbocycles. The first-order valence-corrected chi connectivity index (χ1v) is 5.19. The van der Waals surface area contributed by atoms with Crippen LogP contribution in [0.25, 0.3) is 0 Å². The molecule has 1 fully saturated rings. The fourth-order valence-corrected chi connectivity index (χ4v) is 1.71. The summed E-state index contributed by atoms with van der Waals surface area (Å²) in [5.41, 5.74) is 0. The first-order valence-electron chi connectivity index (χ1n) is 4.16. The van der Waals surface area contributed by atoms with Gasteiger partial charge in [-0.15, -0.1) is 0 Å². The molecule has 0 aliphatic carbocycles. The highest BCUT2D eigenvalue weighted by molar-refractivity contribution is 7.74. The van der Waals surface area contributed by atoms with Gasteiger partial charge >= 0.3 is 11.4 Å². The molecule has 1 rings (SSSR count). The van der Waals surface area contributed by atoms with Crippen LogP contribution in [-0.4, -0.2) is 66.4 Å². The maximum absolute atomic E-state index is 10.3. The minimum absolute atomic E-state index is 0.511. The molecule has 0 bridgehead atoms. The zero-order valence-electron chi connectivity index (χ0n) is 7.55. The van der Waals surface area contributed by atoms with Crippen LogP contribution in [0.5, 0.6) is 0 Å². The Kier molecular flexibility index (Phi) is 4.55. The van der Waals surface area contributed by atoms with Gasteiger partial charge < -0.3 is 20.4 Å². The predicted molar refractivity (Wildman–Crippen MR) is 47.7 cm³/mol. The average molecular weight is 243 g/mol. The Labute approximate surface area is 88.0 Å². The summed E-state index contributed by atoms with van der Waals surface area (Å²) >= 11 is -2.62. The van der Waals surface area contributed by atoms with Crippen LogP contribution in [0, 0.1) is 0 Å². The van der Waals surface area contributed by atoms with Gasteiger partial charge in [0.2, 0.25) is 0 Å². The number of hydrogen-bond donors (Lipinski definition) is 6. The van der Waals surface area contributed by atoms with E-state index in [-0.39, 0.29) is 0 Å². The highest BCUT2D eigenvalue weighted by Gasteiger charge is 2.43. The molecule has 0 radical (unpaired) electrons. The van der Waals surface area contributed by atoms with Gasteiger partial charge in [-0.2, -0.15) is 4.21 Å². The van der Waals surface area contributed by atoms with Crippen LogP contribution in [-0.2, 0) is 15.5 Å². The molecule has 1 aliphatic heterocycles. The molecule has 0 aromatic heterocycles. The lowest BCUT2D eigenvalue weighted by molar-refractivity contribution is -0.153. The first kappa shape index (κ1) is 12.9. The third-order valence-corrected chi connectivity index (χ3v) is 2.56. The summed E-state index contributed by atoms with van der Waals surface area (Å²) < 4.78 is 23.1. The highest BCUT2D eigenvalue weighted by Crippen LogP contribution is 2.16. The maximum Gasteiger partial charge on any atom is 0.303 e. The van der Waals surface area contributed by atoms with Gasteiger partial charge in [-0.3, -0.25) is 9.87 Å². The second kappa shape index (κ2) is 5.27. The Morgan fingerprint density at radius 2 is 1.80 bits per heavy atom. The third-order valence-electron chi connectivity index (χ3n) is 2.18. The molecule has 1 heterocycles. The Bertz CT molecular complexity index is 238. The second-order valence-electron chi connectivity index (χ2n) is 3.16. The lowest BCUT2D eigenvalue weighted by Gasteiger charge is -2.39. The van der Waals surface area contributed by atoms with E-state index in [9.17, 15) is 19.5 Å². The summed E-state index contributed by atoms with van der Waals surface area (Å²) in [6.07, 6.45) is -5.82. The Balaban J connectivity index is 2.69. The van der Waals surface area contributed by atoms with E-state index in [1.165, 1.54) is 0 Å². The van der Waals surface area contributed by atoms with Crippen molar-refractivity contribution < 1.29 is 33.4 Å². The van der Waals surface area contributed by atoms with Gasteiger partial charge in [0.15, 0.2) is 6.23 Å². The average Bonchev–Trinajstić information content (AvgIpc) is 2.18. The van der Waals surface area contributed by atoms with E-state index in [1.54, 1.807) is 0 Å². The van der Waals surface area contributed by atoms with E-state index in [2.05, 4.69) is 9.50 Å². The molecule has 1 saturated heterocycles. The Hall–Kier alpha value is -0.130. The lowest BCUT2D eigenvalue weighted by atomic mass is 9.95. The van der Waals surface area contributed by atoms with Crippen molar-refractivity contribution in [2.24, 2.45) is 0 Å². The zero-order chi connectivity index (χ0) is 11.6. The van der Waals surface area contributed by atoms with Crippen molar-refractivity contribution in [2.45, 2.75) is 30.6 Å². The molecule has 6 N–H and O–H groups in total. The van der Waals surface area contributed by atoms with E-state index in [4.69, 9.17) is 9.66 Å². The molecular weight excluding hydrogens is 230 g/mol. The molecule has 90 valence electrons. The van der Waals surface area contributed by atoms with Crippen LogP contribution < -0.4 is 5.32 Å². The molecule has 9 heteroatoms. The quantitative estimate of drug-likeness (QED) is 0.281. The first-order chi connectivity index (χ1) is 6.97. The molecule has 0 amide bonds. The number of aliphatic hydroxyl groups is 4. The van der Waals surface area contributed by atoms with Gasteiger partial charge in [0.25, 0.3) is 0 Å². The van der Waals surface area contributed by atoms with Crippen molar-refractivity contribution in [1.82, 2.24) is 5.32 Å². The van der Waals surface area contributed by atoms with E-state index in [0.29, 0.717) is 0 Å². The molecule has 0 aromatic rings. The molecular formula is C6H13NO7S. The Morgan fingerprint density at radius 1 is 1.20 bits per heavy atom. The van der Waals surface area contributed by atoms with Crippen LogP contribution in [0.1, 0.15) is 0 Å². The SMILES string of the molecule is O=S(O)OC1NC(CO)[C@@H](O)C(O)[C@@H]1O. The van der Waals surface area contributed by atoms with Crippen LogP contribution in [0.3, 0.4) is 0 Å². The van der Waals surface area contributed by atoms with E-state index in [0.717, 1.165) is 0 Å². The van der Waals surface area contributed by atoms with Crippen molar-refractivity contribution >= 4 is 11.4 Å². The van der Waals surface area contributed by atoms with E-state index < -0.39 is 48.5 Å². The van der Waals surface area contributed by atoms with Crippen LogP contribution in [0.15, 0.2) is 0 Å². The van der Waals surface area contributed by atoms with Gasteiger partial charge in [0.1, 0.15) is 18.3 Å². The fourth-order valence-electron chi connectivity index (χ4n) is 1.36. The second-order valence-corrected chi connectivity index (χ2v) is 3.79. The van der Waals surface area contributed by atoms with Crippen molar-refractivity contribution in [3.63, 3.8) is 0 Å². The number of nitrogens with one attached hydrogen (secondary N) is 1. The van der Waals surface area contributed by atoms with Gasteiger partial charge in [0, 0.05) is 0 Å². The number of hydrogen-bond acceptors (Lipinski definition) is 7. The third kappa shape index (κ3) is 2.92. The van der Waals surface area contributed by atoms with Crippen LogP contribution >= 0.6 is 0 Å². The summed E-state index contributed by atoms with van der Waals surface area (Å²) in [5, 5.41) is 39.2. The number of piperidine rings is 1. The van der Waals surface area contributed by atoms with Gasteiger partial charge in [0.05, 0.1) is 12.6 Å². The minimum Gasteiger partial charge on any atom is -0.395 e. The van der Waals surface area contributed by atoms with Crippen molar-refractivity contribution in [3.8, 4) is 0 Å². The predicted octanol–water partition coefficient (Wildman–Crippen LogP) is -3.49. The summed E-state index contributed by atoms with van der Waals surface area (Å²) in [7, 11) is 0. The summed E-state index contributed by atoms with van der Waals surface area (Å²) in [6, 6.07) is -0.933. The normalized spacial score (nSPS) is 43.9. The van der Waals surface area contributed by atoms with E-state index >= 15 is 0 Å². The van der Waals surface area contributed by atoms with Gasteiger partial charge in [-0.25, -0.2) is 4.18 Å². The smallest absolute Gasteiger partial charge is 0.303 e. The standard InChI is InChI=1S/C6H13NO7S/c8-1-2-3(9)4(10)5(11)6(7-2)14-15(12)13/h2-11H,1H2,(H,12,13)/t2?,3-,4?,5+,6?/m1/s1. The number of rotatable bonds is 3. The van der Waals surface area contributed by atoms with E-state index in [1.807, 2.05) is 0 Å². The monoisotopic (exact) mass is 243 g/mol. The molecule has 4 unspecified atom stereocenters. The topological polar surface area (TPSA) is 139 Å². The fraction of sp³-hybridized carbons (Fsp3) is 1.00. The largest absolute Gasteiger partial charge is 0.395 e. The molecule has 0 spiro atoms. The Morgan fingerprint density at radius 3 is 2.27 bits per heavy atom. The minimum atomic E-state index is -2.62. The summed E-state index contributed by atoms with van der Waals surface area (Å²) in [4.78, 5) is 0. The zero-order valence-corrected chi connectivity index (χ0v) is 8.37. The molecule has 8 nitrogen and oxygen atoms in total. The summed E-state index contributed by atoms with van der Waals surface area (Å²) in [5.74, 6) is 0.